The van der Waals surface area contributed by atoms with Crippen LogP contribution in [0.2, 0.25) is 5.02 Å². The van der Waals surface area contributed by atoms with Gasteiger partial charge in [0, 0.05) is 16.8 Å². The number of hydrogen-bond acceptors (Lipinski definition) is 5. The number of phenolic OH excluding ortho intramolecular Hbond substituents is 1. The SMILES string of the molecule is CCOC(=O)c1ccccc1Oc1ccc(C(F)(F)F)cc1N=Cc1cc(Cl)ccc1O. The molecule has 0 saturated carbocycles. The molecule has 0 unspecified atom stereocenters. The van der Waals surface area contributed by atoms with Crippen molar-refractivity contribution < 1.29 is 32.5 Å². The molecule has 0 aliphatic rings. The molecule has 3 aromatic carbocycles. The average Bonchev–Trinajstić information content (AvgIpc) is 2.75. The fourth-order valence-corrected chi connectivity index (χ4v) is 2.88. The van der Waals surface area contributed by atoms with Gasteiger partial charge in [-0.15, -0.1) is 0 Å². The second kappa shape index (κ2) is 9.74. The summed E-state index contributed by atoms with van der Waals surface area (Å²) in [4.78, 5) is 16.3. The maximum Gasteiger partial charge on any atom is 0.416 e. The van der Waals surface area contributed by atoms with Crippen LogP contribution in [0, 0.1) is 0 Å². The number of carbonyl (C=O) groups is 1. The summed E-state index contributed by atoms with van der Waals surface area (Å²) in [5.74, 6) is -0.732. The van der Waals surface area contributed by atoms with Gasteiger partial charge in [0.1, 0.15) is 22.7 Å². The number of phenols is 1. The molecule has 0 saturated heterocycles. The number of carbonyl (C=O) groups excluding carboxylic acids is 1. The number of aromatic hydroxyl groups is 1. The van der Waals surface area contributed by atoms with Crippen LogP contribution in [0.1, 0.15) is 28.4 Å². The van der Waals surface area contributed by atoms with Crippen molar-refractivity contribution in [1.82, 2.24) is 0 Å². The molecule has 0 spiro atoms. The second-order valence-corrected chi connectivity index (χ2v) is 6.90. The summed E-state index contributed by atoms with van der Waals surface area (Å²) in [5, 5.41) is 10.2. The van der Waals surface area contributed by atoms with Crippen molar-refractivity contribution in [3.05, 3.63) is 82.4 Å². The molecule has 0 amide bonds. The summed E-state index contributed by atoms with van der Waals surface area (Å²) >= 11 is 5.90. The van der Waals surface area contributed by atoms with Crippen LogP contribution in [-0.2, 0) is 10.9 Å². The molecule has 0 atom stereocenters. The molecule has 1 N–H and O–H groups in total. The van der Waals surface area contributed by atoms with Gasteiger partial charge >= 0.3 is 12.1 Å². The van der Waals surface area contributed by atoms with Crippen molar-refractivity contribution >= 4 is 29.5 Å². The van der Waals surface area contributed by atoms with Crippen molar-refractivity contribution in [1.29, 1.82) is 0 Å². The maximum absolute atomic E-state index is 13.3. The number of nitrogens with zero attached hydrogens (tertiary/aromatic N) is 1. The third kappa shape index (κ3) is 5.59. The van der Waals surface area contributed by atoms with E-state index in [0.29, 0.717) is 5.02 Å². The molecular weight excluding hydrogens is 447 g/mol. The first-order valence-electron chi connectivity index (χ1n) is 9.37. The third-order valence-electron chi connectivity index (χ3n) is 4.22. The van der Waals surface area contributed by atoms with Gasteiger partial charge < -0.3 is 14.6 Å². The Morgan fingerprint density at radius 3 is 2.56 bits per heavy atom. The first-order chi connectivity index (χ1) is 15.2. The van der Waals surface area contributed by atoms with Gasteiger partial charge in [-0.25, -0.2) is 4.79 Å². The molecule has 0 heterocycles. The number of benzene rings is 3. The lowest BCUT2D eigenvalue weighted by molar-refractivity contribution is -0.137. The first kappa shape index (κ1) is 23.1. The van der Waals surface area contributed by atoms with Gasteiger partial charge in [0.25, 0.3) is 0 Å². The largest absolute Gasteiger partial charge is 0.507 e. The van der Waals surface area contributed by atoms with Crippen LogP contribution in [0.4, 0.5) is 18.9 Å². The van der Waals surface area contributed by atoms with E-state index in [0.717, 1.165) is 18.2 Å². The van der Waals surface area contributed by atoms with Crippen LogP contribution in [0.15, 0.2) is 65.7 Å². The molecule has 0 radical (unpaired) electrons. The fraction of sp³-hybridized carbons (Fsp3) is 0.130. The fourth-order valence-electron chi connectivity index (χ4n) is 2.70. The number of aliphatic imine (C=N–C) groups is 1. The smallest absolute Gasteiger partial charge is 0.416 e. The molecule has 166 valence electrons. The van der Waals surface area contributed by atoms with Crippen LogP contribution in [0.3, 0.4) is 0 Å². The minimum atomic E-state index is -4.61. The Morgan fingerprint density at radius 2 is 1.84 bits per heavy atom. The van der Waals surface area contributed by atoms with Crippen molar-refractivity contribution in [2.75, 3.05) is 6.61 Å². The molecule has 0 aliphatic heterocycles. The lowest BCUT2D eigenvalue weighted by atomic mass is 10.1. The lowest BCUT2D eigenvalue weighted by Gasteiger charge is -2.14. The number of esters is 1. The zero-order chi connectivity index (χ0) is 23.3. The summed E-state index contributed by atoms with van der Waals surface area (Å²) in [6, 6.07) is 13.1. The Bertz CT molecular complexity index is 1160. The van der Waals surface area contributed by atoms with E-state index in [1.165, 1.54) is 36.5 Å². The minimum absolute atomic E-state index is 0.0347. The van der Waals surface area contributed by atoms with Gasteiger partial charge in [0.2, 0.25) is 0 Å². The van der Waals surface area contributed by atoms with Crippen molar-refractivity contribution in [3.8, 4) is 17.2 Å². The molecule has 0 fully saturated rings. The summed E-state index contributed by atoms with van der Waals surface area (Å²) in [6.07, 6.45) is -3.44. The highest BCUT2D eigenvalue weighted by Gasteiger charge is 2.31. The molecule has 3 aromatic rings. The van der Waals surface area contributed by atoms with E-state index >= 15 is 0 Å². The van der Waals surface area contributed by atoms with E-state index in [4.69, 9.17) is 21.1 Å². The number of rotatable bonds is 6. The Morgan fingerprint density at radius 1 is 1.09 bits per heavy atom. The highest BCUT2D eigenvalue weighted by molar-refractivity contribution is 6.30. The van der Waals surface area contributed by atoms with Crippen molar-refractivity contribution in [2.24, 2.45) is 4.99 Å². The molecule has 3 rings (SSSR count). The summed E-state index contributed by atoms with van der Waals surface area (Å²) in [6.45, 7) is 1.79. The Hall–Kier alpha value is -3.52. The molecular formula is C23H17ClF3NO4. The van der Waals surface area contributed by atoms with Crippen molar-refractivity contribution in [2.45, 2.75) is 13.1 Å². The van der Waals surface area contributed by atoms with Gasteiger partial charge in [-0.2, -0.15) is 13.2 Å². The highest BCUT2D eigenvalue weighted by Crippen LogP contribution is 2.39. The van der Waals surface area contributed by atoms with Gasteiger partial charge in [-0.3, -0.25) is 4.99 Å². The Kier molecular flexibility index (Phi) is 7.05. The van der Waals surface area contributed by atoms with Gasteiger partial charge in [0.05, 0.1) is 12.2 Å². The molecule has 0 aromatic heterocycles. The van der Waals surface area contributed by atoms with Gasteiger partial charge in [-0.05, 0) is 55.5 Å². The van der Waals surface area contributed by atoms with Crippen LogP contribution in [0.5, 0.6) is 17.2 Å². The summed E-state index contributed by atoms with van der Waals surface area (Å²) in [5.41, 5.74) is -0.798. The van der Waals surface area contributed by atoms with Crippen LogP contribution >= 0.6 is 11.6 Å². The number of alkyl halides is 3. The second-order valence-electron chi connectivity index (χ2n) is 6.46. The van der Waals surface area contributed by atoms with Gasteiger partial charge in [0.15, 0.2) is 5.75 Å². The topological polar surface area (TPSA) is 68.1 Å². The number of hydrogen-bond donors (Lipinski definition) is 1. The average molecular weight is 464 g/mol. The standard InChI is InChI=1S/C23H17ClF3NO4/c1-2-31-22(30)17-5-3-4-6-20(17)32-21-10-7-15(23(25,26)27)12-18(21)28-13-14-11-16(24)8-9-19(14)29/h3-13,29H,2H2,1H3. The van der Waals surface area contributed by atoms with E-state index < -0.39 is 17.7 Å². The van der Waals surface area contributed by atoms with E-state index in [9.17, 15) is 23.1 Å². The molecule has 0 bridgehead atoms. The molecule has 0 aliphatic carbocycles. The normalized spacial score (nSPS) is 11.5. The van der Waals surface area contributed by atoms with Crippen LogP contribution < -0.4 is 4.74 Å². The molecule has 32 heavy (non-hydrogen) atoms. The Balaban J connectivity index is 2.04. The van der Waals surface area contributed by atoms with Crippen LogP contribution in [0.25, 0.3) is 0 Å². The number of ether oxygens (including phenoxy) is 2. The van der Waals surface area contributed by atoms with E-state index in [2.05, 4.69) is 4.99 Å². The predicted octanol–water partition coefficient (Wildman–Crippen LogP) is 6.78. The predicted molar refractivity (Wildman–Crippen MR) is 114 cm³/mol. The number of para-hydroxylation sites is 1. The zero-order valence-electron chi connectivity index (χ0n) is 16.7. The summed E-state index contributed by atoms with van der Waals surface area (Å²) < 4.78 is 50.5. The quantitative estimate of drug-likeness (QED) is 0.323. The maximum atomic E-state index is 13.3. The monoisotopic (exact) mass is 463 g/mol. The minimum Gasteiger partial charge on any atom is -0.507 e. The van der Waals surface area contributed by atoms with Gasteiger partial charge in [-0.1, -0.05) is 23.7 Å². The highest BCUT2D eigenvalue weighted by atomic mass is 35.5. The Labute approximate surface area is 186 Å². The lowest BCUT2D eigenvalue weighted by Crippen LogP contribution is -2.07. The van der Waals surface area contributed by atoms with E-state index in [1.807, 2.05) is 0 Å². The first-order valence-corrected chi connectivity index (χ1v) is 9.74. The molecule has 5 nitrogen and oxygen atoms in total. The van der Waals surface area contributed by atoms with E-state index in [-0.39, 0.29) is 40.7 Å². The number of halogens is 4. The van der Waals surface area contributed by atoms with E-state index in [1.54, 1.807) is 19.1 Å². The van der Waals surface area contributed by atoms with Crippen molar-refractivity contribution in [3.63, 3.8) is 0 Å². The zero-order valence-corrected chi connectivity index (χ0v) is 17.4. The third-order valence-corrected chi connectivity index (χ3v) is 4.46. The summed E-state index contributed by atoms with van der Waals surface area (Å²) in [7, 11) is 0. The van der Waals surface area contributed by atoms with Crippen LogP contribution in [-0.4, -0.2) is 23.9 Å². The molecule has 9 heteroatoms.